The van der Waals surface area contributed by atoms with Crippen molar-refractivity contribution < 1.29 is 9.47 Å². The molecule has 6 heteroatoms. The second kappa shape index (κ2) is 8.27. The quantitative estimate of drug-likeness (QED) is 0.705. The minimum atomic E-state index is 0.391. The Bertz CT molecular complexity index is 299. The van der Waals surface area contributed by atoms with Gasteiger partial charge >= 0.3 is 0 Å². The Morgan fingerprint density at radius 2 is 2.06 bits per heavy atom. The molecule has 1 aromatic rings. The molecule has 0 aliphatic carbocycles. The molecule has 16 heavy (non-hydrogen) atoms. The van der Waals surface area contributed by atoms with Crippen LogP contribution in [0.5, 0.6) is 0 Å². The number of nitrogens with one attached hydrogen (secondary N) is 1. The minimum absolute atomic E-state index is 0.391. The zero-order chi connectivity index (χ0) is 11.6. The number of methoxy groups -OCH3 is 1. The van der Waals surface area contributed by atoms with Crippen LogP contribution in [0.1, 0.15) is 6.42 Å². The molecule has 5 nitrogen and oxygen atoms in total. The Labute approximate surface area is 100 Å². The first kappa shape index (κ1) is 13.2. The van der Waals surface area contributed by atoms with Crippen molar-refractivity contribution in [1.29, 1.82) is 0 Å². The van der Waals surface area contributed by atoms with Crippen molar-refractivity contribution in [1.82, 2.24) is 9.97 Å². The van der Waals surface area contributed by atoms with E-state index in [1.54, 1.807) is 19.5 Å². The zero-order valence-electron chi connectivity index (χ0n) is 9.28. The van der Waals surface area contributed by atoms with E-state index in [9.17, 15) is 0 Å². The summed E-state index contributed by atoms with van der Waals surface area (Å²) < 4.78 is 10.2. The number of anilines is 1. The van der Waals surface area contributed by atoms with Crippen LogP contribution in [0, 0.1) is 0 Å². The molecule has 0 saturated heterocycles. The van der Waals surface area contributed by atoms with Gasteiger partial charge in [-0.05, 0) is 6.42 Å². The fourth-order valence-electron chi connectivity index (χ4n) is 1.06. The van der Waals surface area contributed by atoms with Crippen LogP contribution in [0.3, 0.4) is 0 Å². The topological polar surface area (TPSA) is 56.3 Å². The third kappa shape index (κ3) is 5.25. The van der Waals surface area contributed by atoms with Gasteiger partial charge in [0, 0.05) is 32.7 Å². The van der Waals surface area contributed by atoms with Gasteiger partial charge in [0.2, 0.25) is 0 Å². The van der Waals surface area contributed by atoms with Crippen LogP contribution >= 0.6 is 11.6 Å². The Kier molecular flexibility index (Phi) is 6.80. The van der Waals surface area contributed by atoms with Crippen molar-refractivity contribution in [3.8, 4) is 0 Å². The monoisotopic (exact) mass is 245 g/mol. The van der Waals surface area contributed by atoms with Crippen molar-refractivity contribution in [2.45, 2.75) is 6.42 Å². The first-order valence-corrected chi connectivity index (χ1v) is 5.49. The van der Waals surface area contributed by atoms with E-state index in [1.807, 2.05) is 0 Å². The number of rotatable bonds is 8. The summed E-state index contributed by atoms with van der Waals surface area (Å²) >= 11 is 5.82. The van der Waals surface area contributed by atoms with Crippen molar-refractivity contribution in [3.63, 3.8) is 0 Å². The van der Waals surface area contributed by atoms with E-state index in [2.05, 4.69) is 15.3 Å². The van der Waals surface area contributed by atoms with Gasteiger partial charge in [-0.3, -0.25) is 0 Å². The lowest BCUT2D eigenvalue weighted by molar-refractivity contribution is 0.0705. The normalized spacial score (nSPS) is 10.4. The molecule has 1 N–H and O–H groups in total. The highest BCUT2D eigenvalue weighted by molar-refractivity contribution is 6.31. The Morgan fingerprint density at radius 3 is 2.81 bits per heavy atom. The molecule has 0 unspecified atom stereocenters. The number of hydrogen-bond donors (Lipinski definition) is 1. The molecule has 0 bridgehead atoms. The molecule has 90 valence electrons. The molecule has 1 rings (SSSR count). The summed E-state index contributed by atoms with van der Waals surface area (Å²) in [5.74, 6) is 0.612. The molecule has 0 radical (unpaired) electrons. The lowest BCUT2D eigenvalue weighted by Gasteiger charge is -2.06. The standard InChI is InChI=1S/C10H16ClN3O2/c1-15-7-8-16-6-2-3-13-10-9(11)12-4-5-14-10/h4-5H,2-3,6-8H2,1H3,(H,13,14). The number of hydrogen-bond acceptors (Lipinski definition) is 5. The SMILES string of the molecule is COCCOCCCNc1nccnc1Cl. The molecule has 1 aromatic heterocycles. The number of nitrogens with zero attached hydrogens (tertiary/aromatic N) is 2. The molecule has 0 aliphatic heterocycles. The lowest BCUT2D eigenvalue weighted by atomic mass is 10.4. The van der Waals surface area contributed by atoms with Crippen LogP contribution < -0.4 is 5.32 Å². The van der Waals surface area contributed by atoms with Crippen LogP contribution in [-0.2, 0) is 9.47 Å². The van der Waals surface area contributed by atoms with Gasteiger partial charge in [-0.25, -0.2) is 9.97 Å². The third-order valence-electron chi connectivity index (χ3n) is 1.84. The molecule has 0 spiro atoms. The fourth-order valence-corrected chi connectivity index (χ4v) is 1.24. The largest absolute Gasteiger partial charge is 0.382 e. The van der Waals surface area contributed by atoms with E-state index in [4.69, 9.17) is 21.1 Å². The predicted molar refractivity (Wildman–Crippen MR) is 62.8 cm³/mol. The van der Waals surface area contributed by atoms with Crippen LogP contribution in [0.4, 0.5) is 5.82 Å². The fraction of sp³-hybridized carbons (Fsp3) is 0.600. The average molecular weight is 246 g/mol. The Balaban J connectivity index is 2.05. The molecule has 1 heterocycles. The summed E-state index contributed by atoms with van der Waals surface area (Å²) in [5, 5.41) is 3.48. The predicted octanol–water partition coefficient (Wildman–Crippen LogP) is 1.59. The summed E-state index contributed by atoms with van der Waals surface area (Å²) in [4.78, 5) is 7.97. The smallest absolute Gasteiger partial charge is 0.171 e. The first-order chi connectivity index (χ1) is 7.84. The summed E-state index contributed by atoms with van der Waals surface area (Å²) in [6.07, 6.45) is 4.04. The maximum atomic E-state index is 5.82. The molecule has 0 aliphatic rings. The molecule has 0 aromatic carbocycles. The van der Waals surface area contributed by atoms with Gasteiger partial charge in [-0.2, -0.15) is 0 Å². The van der Waals surface area contributed by atoms with E-state index in [1.165, 1.54) is 0 Å². The van der Waals surface area contributed by atoms with Gasteiger partial charge in [-0.1, -0.05) is 11.6 Å². The number of halogens is 1. The van der Waals surface area contributed by atoms with E-state index < -0.39 is 0 Å². The van der Waals surface area contributed by atoms with Crippen molar-refractivity contribution in [3.05, 3.63) is 17.5 Å². The van der Waals surface area contributed by atoms with Crippen LogP contribution in [0.25, 0.3) is 0 Å². The van der Waals surface area contributed by atoms with E-state index in [0.29, 0.717) is 30.8 Å². The van der Waals surface area contributed by atoms with Crippen molar-refractivity contribution in [2.24, 2.45) is 0 Å². The third-order valence-corrected chi connectivity index (χ3v) is 2.12. The van der Waals surface area contributed by atoms with E-state index in [-0.39, 0.29) is 0 Å². The second-order valence-electron chi connectivity index (χ2n) is 3.08. The van der Waals surface area contributed by atoms with Gasteiger partial charge in [0.1, 0.15) is 0 Å². The van der Waals surface area contributed by atoms with Gasteiger partial charge < -0.3 is 14.8 Å². The van der Waals surface area contributed by atoms with Crippen molar-refractivity contribution in [2.75, 3.05) is 38.8 Å². The van der Waals surface area contributed by atoms with Crippen LogP contribution in [0.2, 0.25) is 5.15 Å². The van der Waals surface area contributed by atoms with Gasteiger partial charge in [-0.15, -0.1) is 0 Å². The average Bonchev–Trinajstić information content (AvgIpc) is 2.30. The van der Waals surface area contributed by atoms with E-state index in [0.717, 1.165) is 13.0 Å². The minimum Gasteiger partial charge on any atom is -0.382 e. The summed E-state index contributed by atoms with van der Waals surface area (Å²) in [5.41, 5.74) is 0. The van der Waals surface area contributed by atoms with Crippen LogP contribution in [0.15, 0.2) is 12.4 Å². The molecule has 0 fully saturated rings. The van der Waals surface area contributed by atoms with Gasteiger partial charge in [0.05, 0.1) is 13.2 Å². The summed E-state index contributed by atoms with van der Waals surface area (Å²) in [7, 11) is 1.65. The highest BCUT2D eigenvalue weighted by Crippen LogP contribution is 2.13. The summed E-state index contributed by atoms with van der Waals surface area (Å²) in [6, 6.07) is 0. The maximum absolute atomic E-state index is 5.82. The molecule has 0 atom stereocenters. The lowest BCUT2D eigenvalue weighted by Crippen LogP contribution is -2.09. The highest BCUT2D eigenvalue weighted by Gasteiger charge is 1.99. The summed E-state index contributed by atoms with van der Waals surface area (Å²) in [6.45, 7) is 2.70. The van der Waals surface area contributed by atoms with Crippen molar-refractivity contribution >= 4 is 17.4 Å². The van der Waals surface area contributed by atoms with Gasteiger partial charge in [0.15, 0.2) is 11.0 Å². The first-order valence-electron chi connectivity index (χ1n) is 5.11. The van der Waals surface area contributed by atoms with Crippen LogP contribution in [-0.4, -0.2) is 43.4 Å². The van der Waals surface area contributed by atoms with E-state index >= 15 is 0 Å². The zero-order valence-corrected chi connectivity index (χ0v) is 10.0. The second-order valence-corrected chi connectivity index (χ2v) is 3.44. The molecule has 0 saturated carbocycles. The Hall–Kier alpha value is -0.910. The molecule has 0 amide bonds. The van der Waals surface area contributed by atoms with Gasteiger partial charge in [0.25, 0.3) is 0 Å². The number of ether oxygens (including phenoxy) is 2. The maximum Gasteiger partial charge on any atom is 0.171 e. The Morgan fingerprint density at radius 1 is 1.25 bits per heavy atom. The number of aromatic nitrogens is 2. The molecular formula is C10H16ClN3O2. The highest BCUT2D eigenvalue weighted by atomic mass is 35.5. The molecular weight excluding hydrogens is 230 g/mol.